The van der Waals surface area contributed by atoms with Crippen LogP contribution in [0.2, 0.25) is 0 Å². The predicted octanol–water partition coefficient (Wildman–Crippen LogP) is 5.50. The first-order valence-electron chi connectivity index (χ1n) is 21.5. The number of ketones is 1. The summed E-state index contributed by atoms with van der Waals surface area (Å²) in [5.41, 5.74) is 2.32. The molecule has 2 aromatic heterocycles. The minimum absolute atomic E-state index is 0.0269. The number of para-hydroxylation sites is 1. The molecule has 3 aliphatic heterocycles. The molecular weight excluding hydrogens is 847 g/mol. The Kier molecular flexibility index (Phi) is 13.1. The van der Waals surface area contributed by atoms with Crippen LogP contribution in [0.25, 0.3) is 22.2 Å². The van der Waals surface area contributed by atoms with Gasteiger partial charge in [0.2, 0.25) is 17.6 Å². The third-order valence-electron chi connectivity index (χ3n) is 12.5. The summed E-state index contributed by atoms with van der Waals surface area (Å²) < 4.78 is 65.4. The Morgan fingerprint density at radius 3 is 2.38 bits per heavy atom. The zero-order valence-corrected chi connectivity index (χ0v) is 36.4. The quantitative estimate of drug-likeness (QED) is 0.0820. The summed E-state index contributed by atoms with van der Waals surface area (Å²) >= 11 is 0. The van der Waals surface area contributed by atoms with E-state index in [0.717, 1.165) is 58.9 Å². The minimum atomic E-state index is -4.17. The SMILES string of the molecule is CCN(C)S(=O)(=O)Nc1ccc(F)c(C(=O)c2c[nH]c3nccc(-c4ccccc4N4CCC(NCC(=O)N5CCC(c6ccc(OC7CCC(=O)NC7=O)cc6)CC5)CC4)c23)c1F. The summed E-state index contributed by atoms with van der Waals surface area (Å²) in [5.74, 6) is -3.21. The number of amides is 3. The molecule has 0 spiro atoms. The summed E-state index contributed by atoms with van der Waals surface area (Å²) in [6.07, 6.45) is 6.09. The maximum absolute atomic E-state index is 15.9. The number of H-pyrrole nitrogens is 1. The molecule has 8 rings (SSSR count). The Hall–Kier alpha value is -6.24. The number of fused-ring (bicyclic) bond motifs is 1. The van der Waals surface area contributed by atoms with Crippen LogP contribution < -0.4 is 25.0 Å². The number of carbonyl (C=O) groups is 4. The second-order valence-electron chi connectivity index (χ2n) is 16.4. The molecule has 4 N–H and O–H groups in total. The lowest BCUT2D eigenvalue weighted by molar-refractivity contribution is -0.139. The summed E-state index contributed by atoms with van der Waals surface area (Å²) in [6.45, 7) is 4.62. The molecular formula is C46H50F2N8O7S. The van der Waals surface area contributed by atoms with Crippen LogP contribution in [0, 0.1) is 11.6 Å². The molecule has 0 aliphatic carbocycles. The van der Waals surface area contributed by atoms with E-state index in [0.29, 0.717) is 60.9 Å². The number of hydrogen-bond donors (Lipinski definition) is 4. The molecule has 3 aliphatic rings. The van der Waals surface area contributed by atoms with Gasteiger partial charge in [-0.25, -0.2) is 13.8 Å². The van der Waals surface area contributed by atoms with Crippen LogP contribution in [-0.4, -0.2) is 110 Å². The smallest absolute Gasteiger partial charge is 0.301 e. The van der Waals surface area contributed by atoms with Gasteiger partial charge in [-0.2, -0.15) is 12.7 Å². The Morgan fingerprint density at radius 1 is 0.922 bits per heavy atom. The van der Waals surface area contributed by atoms with Crippen molar-refractivity contribution in [2.45, 2.75) is 63.5 Å². The molecule has 5 aromatic rings. The molecule has 0 saturated carbocycles. The highest BCUT2D eigenvalue weighted by Gasteiger charge is 2.31. The number of pyridine rings is 1. The highest BCUT2D eigenvalue weighted by Crippen LogP contribution is 2.39. The van der Waals surface area contributed by atoms with Crippen molar-refractivity contribution in [2.24, 2.45) is 0 Å². The van der Waals surface area contributed by atoms with Crippen LogP contribution in [0.15, 0.2) is 79.1 Å². The number of benzene rings is 3. The lowest BCUT2D eigenvalue weighted by Gasteiger charge is -2.36. The largest absolute Gasteiger partial charge is 0.481 e. The van der Waals surface area contributed by atoms with Gasteiger partial charge < -0.3 is 24.8 Å². The van der Waals surface area contributed by atoms with E-state index in [4.69, 9.17) is 4.74 Å². The second-order valence-corrected chi connectivity index (χ2v) is 18.1. The molecule has 1 atom stereocenters. The molecule has 64 heavy (non-hydrogen) atoms. The Bertz CT molecular complexity index is 2680. The molecule has 0 radical (unpaired) electrons. The number of hydrogen-bond acceptors (Lipinski definition) is 10. The van der Waals surface area contributed by atoms with Crippen LogP contribution in [0.5, 0.6) is 5.75 Å². The molecule has 1 unspecified atom stereocenters. The van der Waals surface area contributed by atoms with E-state index in [2.05, 4.69) is 30.2 Å². The number of anilines is 2. The van der Waals surface area contributed by atoms with Crippen molar-refractivity contribution in [3.63, 3.8) is 0 Å². The third kappa shape index (κ3) is 9.35. The second kappa shape index (κ2) is 18.8. The highest BCUT2D eigenvalue weighted by atomic mass is 32.2. The van der Waals surface area contributed by atoms with Gasteiger partial charge in [0.1, 0.15) is 17.2 Å². The van der Waals surface area contributed by atoms with Crippen molar-refractivity contribution >= 4 is 56.1 Å². The number of likely N-dealkylation sites (tertiary alicyclic amines) is 1. The van der Waals surface area contributed by atoms with Gasteiger partial charge in [-0.05, 0) is 79.1 Å². The minimum Gasteiger partial charge on any atom is -0.481 e. The van der Waals surface area contributed by atoms with Crippen LogP contribution in [0.3, 0.4) is 0 Å². The Morgan fingerprint density at radius 2 is 1.66 bits per heavy atom. The normalized spacial score (nSPS) is 17.8. The molecule has 3 amide bonds. The van der Waals surface area contributed by atoms with Gasteiger partial charge in [0.25, 0.3) is 5.91 Å². The van der Waals surface area contributed by atoms with E-state index in [-0.39, 0.29) is 42.9 Å². The Balaban J connectivity index is 0.878. The third-order valence-corrected chi connectivity index (χ3v) is 14.0. The van der Waals surface area contributed by atoms with Gasteiger partial charge in [0.15, 0.2) is 11.9 Å². The number of nitrogens with one attached hydrogen (secondary N) is 4. The van der Waals surface area contributed by atoms with E-state index < -0.39 is 50.9 Å². The van der Waals surface area contributed by atoms with Gasteiger partial charge in [0.05, 0.1) is 23.4 Å². The number of imide groups is 1. The fourth-order valence-electron chi connectivity index (χ4n) is 8.70. The lowest BCUT2D eigenvalue weighted by Crippen LogP contribution is -2.48. The van der Waals surface area contributed by atoms with E-state index in [1.165, 1.54) is 13.2 Å². The summed E-state index contributed by atoms with van der Waals surface area (Å²) in [7, 11) is -2.86. The maximum atomic E-state index is 15.9. The number of aromatic nitrogens is 2. The molecule has 3 saturated heterocycles. The topological polar surface area (TPSA) is 186 Å². The average molecular weight is 897 g/mol. The Labute approximate surface area is 369 Å². The van der Waals surface area contributed by atoms with E-state index in [1.54, 1.807) is 19.2 Å². The average Bonchev–Trinajstić information content (AvgIpc) is 3.75. The van der Waals surface area contributed by atoms with Crippen LogP contribution in [-0.2, 0) is 24.6 Å². The number of piperidine rings is 3. The van der Waals surface area contributed by atoms with Gasteiger partial charge in [-0.1, -0.05) is 37.3 Å². The number of ether oxygens (including phenoxy) is 1. The van der Waals surface area contributed by atoms with Crippen molar-refractivity contribution in [1.29, 1.82) is 0 Å². The van der Waals surface area contributed by atoms with Crippen molar-refractivity contribution in [3.05, 3.63) is 107 Å². The summed E-state index contributed by atoms with van der Waals surface area (Å²) in [6, 6.07) is 19.1. The number of carbonyl (C=O) groups excluding carboxylic acids is 4. The van der Waals surface area contributed by atoms with Gasteiger partial charge in [-0.3, -0.25) is 29.2 Å². The predicted molar refractivity (Wildman–Crippen MR) is 237 cm³/mol. The first kappa shape index (κ1) is 44.4. The zero-order chi connectivity index (χ0) is 45.1. The van der Waals surface area contributed by atoms with Gasteiger partial charge in [-0.15, -0.1) is 0 Å². The fraction of sp³-hybridized carbons (Fsp3) is 0.370. The van der Waals surface area contributed by atoms with E-state index in [1.807, 2.05) is 53.4 Å². The number of aromatic amines is 1. The van der Waals surface area contributed by atoms with Crippen LogP contribution in [0.1, 0.15) is 72.9 Å². The molecule has 3 fully saturated rings. The molecule has 3 aromatic carbocycles. The van der Waals surface area contributed by atoms with Crippen molar-refractivity contribution < 1.29 is 41.1 Å². The monoisotopic (exact) mass is 896 g/mol. The number of nitrogens with zero attached hydrogens (tertiary/aromatic N) is 4. The maximum Gasteiger partial charge on any atom is 0.301 e. The van der Waals surface area contributed by atoms with Crippen molar-refractivity contribution in [2.75, 3.05) is 55.9 Å². The fourth-order valence-corrected chi connectivity index (χ4v) is 9.63. The van der Waals surface area contributed by atoms with Crippen LogP contribution in [0.4, 0.5) is 20.2 Å². The van der Waals surface area contributed by atoms with Gasteiger partial charge >= 0.3 is 10.2 Å². The molecule has 336 valence electrons. The molecule has 5 heterocycles. The van der Waals surface area contributed by atoms with Crippen LogP contribution >= 0.6 is 0 Å². The summed E-state index contributed by atoms with van der Waals surface area (Å²) in [5, 5.41) is 6.16. The lowest BCUT2D eigenvalue weighted by atomic mass is 9.89. The van der Waals surface area contributed by atoms with Gasteiger partial charge in [0, 0.05) is 87.7 Å². The first-order chi connectivity index (χ1) is 30.8. The van der Waals surface area contributed by atoms with E-state index >= 15 is 8.78 Å². The summed E-state index contributed by atoms with van der Waals surface area (Å²) in [4.78, 5) is 62.4. The molecule has 18 heteroatoms. The number of rotatable bonds is 14. The highest BCUT2D eigenvalue weighted by molar-refractivity contribution is 7.90. The van der Waals surface area contributed by atoms with E-state index in [9.17, 15) is 27.6 Å². The van der Waals surface area contributed by atoms with Crippen molar-refractivity contribution in [1.82, 2.24) is 29.8 Å². The standard InChI is InChI=1S/C46H50F2N8O7S/c1-3-54(2)64(61,62)53-36-13-12-35(47)42(43(36)48)44(59)34-26-51-45-41(34)33(16-21-49-45)32-6-4-5-7-37(32)55-24-19-30(20-25-55)50-27-40(58)56-22-17-29(18-23-56)28-8-10-31(11-9-28)63-38-14-15-39(57)52-46(38)60/h4-13,16,21,26,29-30,38,50,53H,3,14-15,17-20,22-25,27H2,1-2H3,(H,49,51)(H,52,57,60). The molecule has 0 bridgehead atoms. The first-order valence-corrected chi connectivity index (χ1v) is 22.9. The number of halogens is 2. The zero-order valence-electron chi connectivity index (χ0n) is 35.5. The molecule has 15 nitrogen and oxygen atoms in total. The van der Waals surface area contributed by atoms with Crippen molar-refractivity contribution in [3.8, 4) is 16.9 Å².